The van der Waals surface area contributed by atoms with Gasteiger partial charge in [0, 0.05) is 6.54 Å². The van der Waals surface area contributed by atoms with Crippen molar-refractivity contribution in [3.63, 3.8) is 0 Å². The molecule has 0 aliphatic rings. The first-order valence-corrected chi connectivity index (χ1v) is 7.51. The van der Waals surface area contributed by atoms with E-state index in [1.165, 1.54) is 7.05 Å². The van der Waals surface area contributed by atoms with Crippen LogP contribution in [0.4, 0.5) is 4.79 Å². The van der Waals surface area contributed by atoms with Crippen molar-refractivity contribution in [1.82, 2.24) is 15.4 Å². The number of hydrogen-bond acceptors (Lipinski definition) is 4. The Morgan fingerprint density at radius 3 is 2.26 bits per heavy atom. The van der Waals surface area contributed by atoms with Crippen LogP contribution < -0.4 is 15.4 Å². The Morgan fingerprint density at radius 2 is 1.84 bits per heavy atom. The monoisotopic (exact) mass is 295 g/mol. The minimum absolute atomic E-state index is 0.0942. The van der Waals surface area contributed by atoms with E-state index >= 15 is 0 Å². The van der Waals surface area contributed by atoms with E-state index in [1.807, 2.05) is 13.8 Å². The average Bonchev–Trinajstić information content (AvgIpc) is 2.27. The average molecular weight is 295 g/mol. The number of aliphatic carboxylic acids is 1. The van der Waals surface area contributed by atoms with Gasteiger partial charge < -0.3 is 15.7 Å². The third kappa shape index (κ3) is 8.38. The summed E-state index contributed by atoms with van der Waals surface area (Å²) >= 11 is 0. The number of hydrogen-bond donors (Lipinski definition) is 4. The van der Waals surface area contributed by atoms with E-state index in [-0.39, 0.29) is 18.2 Å². The van der Waals surface area contributed by atoms with Gasteiger partial charge in [0.05, 0.1) is 5.75 Å². The third-order valence-corrected chi connectivity index (χ3v) is 3.64. The van der Waals surface area contributed by atoms with Gasteiger partial charge >= 0.3 is 12.0 Å². The SMILES string of the molecule is CNS(=O)(=O)CCNC(=O)N[C@@H](CC(C)C)C(=O)O. The normalized spacial score (nSPS) is 13.1. The van der Waals surface area contributed by atoms with Crippen LogP contribution in [0.5, 0.6) is 0 Å². The molecule has 0 aromatic heterocycles. The number of carbonyl (C=O) groups is 2. The molecule has 0 radical (unpaired) electrons. The highest BCUT2D eigenvalue weighted by molar-refractivity contribution is 7.89. The zero-order valence-corrected chi connectivity index (χ0v) is 12.1. The second kappa shape index (κ2) is 7.95. The maximum Gasteiger partial charge on any atom is 0.326 e. The van der Waals surface area contributed by atoms with E-state index in [0.717, 1.165) is 0 Å². The zero-order valence-electron chi connectivity index (χ0n) is 11.3. The van der Waals surface area contributed by atoms with Gasteiger partial charge in [0.25, 0.3) is 0 Å². The molecule has 0 saturated carbocycles. The molecule has 8 nitrogen and oxygen atoms in total. The molecule has 0 unspecified atom stereocenters. The molecule has 19 heavy (non-hydrogen) atoms. The third-order valence-electron chi connectivity index (χ3n) is 2.28. The lowest BCUT2D eigenvalue weighted by atomic mass is 10.0. The molecule has 0 aliphatic carbocycles. The van der Waals surface area contributed by atoms with Gasteiger partial charge in [-0.2, -0.15) is 0 Å². The molecule has 0 saturated heterocycles. The Kier molecular flexibility index (Phi) is 7.38. The first-order valence-electron chi connectivity index (χ1n) is 5.86. The Morgan fingerprint density at radius 1 is 1.26 bits per heavy atom. The molecular formula is C10H21N3O5S. The van der Waals surface area contributed by atoms with Gasteiger partial charge in [0.2, 0.25) is 10.0 Å². The minimum Gasteiger partial charge on any atom is -0.480 e. The van der Waals surface area contributed by atoms with E-state index in [4.69, 9.17) is 5.11 Å². The fourth-order valence-corrected chi connectivity index (χ4v) is 1.88. The quantitative estimate of drug-likeness (QED) is 0.473. The summed E-state index contributed by atoms with van der Waals surface area (Å²) in [5, 5.41) is 13.5. The molecule has 2 amide bonds. The standard InChI is InChI=1S/C10H21N3O5S/c1-7(2)6-8(9(14)15)13-10(16)12-4-5-19(17,18)11-3/h7-8,11H,4-6H2,1-3H3,(H,14,15)(H2,12,13,16)/t8-/m0/s1. The summed E-state index contributed by atoms with van der Waals surface area (Å²) in [5.74, 6) is -1.27. The van der Waals surface area contributed by atoms with Crippen molar-refractivity contribution in [3.05, 3.63) is 0 Å². The lowest BCUT2D eigenvalue weighted by molar-refractivity contribution is -0.139. The number of nitrogens with one attached hydrogen (secondary N) is 3. The Labute approximate surface area is 113 Å². The summed E-state index contributed by atoms with van der Waals surface area (Å²) in [7, 11) is -2.11. The van der Waals surface area contributed by atoms with Crippen LogP contribution in [-0.4, -0.2) is 50.9 Å². The van der Waals surface area contributed by atoms with Gasteiger partial charge in [0.1, 0.15) is 6.04 Å². The van der Waals surface area contributed by atoms with Crippen LogP contribution in [0.15, 0.2) is 0 Å². The molecule has 0 fully saturated rings. The first kappa shape index (κ1) is 17.6. The van der Waals surface area contributed by atoms with Crippen molar-refractivity contribution < 1.29 is 23.1 Å². The maximum absolute atomic E-state index is 11.4. The summed E-state index contributed by atoms with van der Waals surface area (Å²) in [6, 6.07) is -1.68. The van der Waals surface area contributed by atoms with Crippen molar-refractivity contribution in [1.29, 1.82) is 0 Å². The highest BCUT2D eigenvalue weighted by Crippen LogP contribution is 2.04. The second-order valence-corrected chi connectivity index (χ2v) is 6.49. The van der Waals surface area contributed by atoms with Crippen molar-refractivity contribution in [2.75, 3.05) is 19.3 Å². The molecule has 0 heterocycles. The number of carbonyl (C=O) groups excluding carboxylic acids is 1. The number of rotatable bonds is 8. The van der Waals surface area contributed by atoms with Gasteiger partial charge in [-0.05, 0) is 19.4 Å². The molecular weight excluding hydrogens is 274 g/mol. The summed E-state index contributed by atoms with van der Waals surface area (Å²) in [6.07, 6.45) is 0.303. The predicted octanol–water partition coefficient (Wildman–Crippen LogP) is -0.666. The second-order valence-electron chi connectivity index (χ2n) is 4.44. The summed E-state index contributed by atoms with van der Waals surface area (Å²) < 4.78 is 24.3. The van der Waals surface area contributed by atoms with Crippen LogP contribution in [0.25, 0.3) is 0 Å². The summed E-state index contributed by atoms with van der Waals surface area (Å²) in [4.78, 5) is 22.3. The number of amides is 2. The van der Waals surface area contributed by atoms with Gasteiger partial charge in [-0.25, -0.2) is 22.7 Å². The highest BCUT2D eigenvalue weighted by Gasteiger charge is 2.20. The molecule has 0 rings (SSSR count). The largest absolute Gasteiger partial charge is 0.480 e. The minimum atomic E-state index is -3.39. The maximum atomic E-state index is 11.4. The fourth-order valence-electron chi connectivity index (χ4n) is 1.30. The van der Waals surface area contributed by atoms with Gasteiger partial charge in [-0.1, -0.05) is 13.8 Å². The van der Waals surface area contributed by atoms with Crippen molar-refractivity contribution in [3.8, 4) is 0 Å². The Bertz CT molecular complexity index is 407. The van der Waals surface area contributed by atoms with E-state index in [1.54, 1.807) is 0 Å². The Balaban J connectivity index is 4.18. The van der Waals surface area contributed by atoms with E-state index in [9.17, 15) is 18.0 Å². The molecule has 0 spiro atoms. The van der Waals surface area contributed by atoms with Crippen molar-refractivity contribution in [2.24, 2.45) is 5.92 Å². The van der Waals surface area contributed by atoms with Crippen LogP contribution in [0.1, 0.15) is 20.3 Å². The lowest BCUT2D eigenvalue weighted by Crippen LogP contribution is -2.47. The molecule has 0 bridgehead atoms. The molecule has 1 atom stereocenters. The Hall–Kier alpha value is -1.35. The van der Waals surface area contributed by atoms with Crippen LogP contribution in [0.2, 0.25) is 0 Å². The smallest absolute Gasteiger partial charge is 0.326 e. The van der Waals surface area contributed by atoms with Crippen LogP contribution >= 0.6 is 0 Å². The van der Waals surface area contributed by atoms with Crippen molar-refractivity contribution >= 4 is 22.0 Å². The van der Waals surface area contributed by atoms with Crippen LogP contribution in [0, 0.1) is 5.92 Å². The van der Waals surface area contributed by atoms with Gasteiger partial charge in [-0.15, -0.1) is 0 Å². The summed E-state index contributed by atoms with van der Waals surface area (Å²) in [5.41, 5.74) is 0. The highest BCUT2D eigenvalue weighted by atomic mass is 32.2. The number of carboxylic acids is 1. The molecule has 9 heteroatoms. The molecule has 4 N–H and O–H groups in total. The molecule has 0 aromatic rings. The number of urea groups is 1. The molecule has 112 valence electrons. The molecule has 0 aromatic carbocycles. The predicted molar refractivity (Wildman–Crippen MR) is 70.3 cm³/mol. The number of carboxylic acid groups (broad SMARTS) is 1. The lowest BCUT2D eigenvalue weighted by Gasteiger charge is -2.16. The number of sulfonamides is 1. The van der Waals surface area contributed by atoms with Crippen LogP contribution in [0.3, 0.4) is 0 Å². The summed E-state index contributed by atoms with van der Waals surface area (Å²) in [6.45, 7) is 3.59. The first-order chi connectivity index (χ1) is 8.68. The van der Waals surface area contributed by atoms with E-state index in [0.29, 0.717) is 6.42 Å². The van der Waals surface area contributed by atoms with Gasteiger partial charge in [0.15, 0.2) is 0 Å². The zero-order chi connectivity index (χ0) is 15.1. The van der Waals surface area contributed by atoms with Crippen molar-refractivity contribution in [2.45, 2.75) is 26.3 Å². The fraction of sp³-hybridized carbons (Fsp3) is 0.800. The van der Waals surface area contributed by atoms with Gasteiger partial charge in [-0.3, -0.25) is 0 Å². The van der Waals surface area contributed by atoms with E-state index < -0.39 is 28.1 Å². The van der Waals surface area contributed by atoms with E-state index in [2.05, 4.69) is 15.4 Å². The molecule has 0 aliphatic heterocycles. The van der Waals surface area contributed by atoms with Crippen LogP contribution in [-0.2, 0) is 14.8 Å². The topological polar surface area (TPSA) is 125 Å².